The van der Waals surface area contributed by atoms with Crippen LogP contribution in [0.25, 0.3) is 10.8 Å². The maximum Gasteiger partial charge on any atom is 0.337 e. The molecule has 2 amide bonds. The Morgan fingerprint density at radius 3 is 2.55 bits per heavy atom. The monoisotopic (exact) mass is 658 g/mol. The van der Waals surface area contributed by atoms with Gasteiger partial charge in [0.1, 0.15) is 19.0 Å². The van der Waals surface area contributed by atoms with E-state index in [1.165, 1.54) is 7.11 Å². The van der Waals surface area contributed by atoms with Crippen LogP contribution in [0.5, 0.6) is 17.2 Å². The van der Waals surface area contributed by atoms with Crippen LogP contribution in [-0.4, -0.2) is 49.9 Å². The highest BCUT2D eigenvalue weighted by atomic mass is 35.5. The lowest BCUT2D eigenvalue weighted by molar-refractivity contribution is -0.136. The summed E-state index contributed by atoms with van der Waals surface area (Å²) >= 11 is 6.01. The number of aliphatic hydroxyl groups is 1. The fraction of sp³-hybridized carbons (Fsp3) is 0.229. The molecule has 244 valence electrons. The van der Waals surface area contributed by atoms with E-state index in [9.17, 15) is 14.7 Å². The van der Waals surface area contributed by atoms with Crippen LogP contribution < -0.4 is 30.3 Å². The number of methoxy groups -OCH3 is 1. The van der Waals surface area contributed by atoms with Gasteiger partial charge in [-0.3, -0.25) is 5.43 Å². The third-order valence-electron chi connectivity index (χ3n) is 7.33. The van der Waals surface area contributed by atoms with Crippen molar-refractivity contribution in [3.8, 4) is 17.2 Å². The lowest BCUT2D eigenvalue weighted by atomic mass is 9.95. The van der Waals surface area contributed by atoms with Gasteiger partial charge >= 0.3 is 12.0 Å². The molecule has 0 radical (unpaired) electrons. The summed E-state index contributed by atoms with van der Waals surface area (Å²) < 4.78 is 22.7. The number of urea groups is 1. The van der Waals surface area contributed by atoms with Crippen LogP contribution in [-0.2, 0) is 16.1 Å². The first-order valence-electron chi connectivity index (χ1n) is 14.9. The van der Waals surface area contributed by atoms with Gasteiger partial charge in [0, 0.05) is 16.3 Å². The molecule has 12 heteroatoms. The van der Waals surface area contributed by atoms with Gasteiger partial charge in [0.15, 0.2) is 17.7 Å². The topological polar surface area (TPSA) is 140 Å². The van der Waals surface area contributed by atoms with Gasteiger partial charge < -0.3 is 34.7 Å². The van der Waals surface area contributed by atoms with Crippen LogP contribution >= 0.6 is 11.6 Å². The molecular weight excluding hydrogens is 624 g/mol. The molecule has 0 spiro atoms. The van der Waals surface area contributed by atoms with Crippen molar-refractivity contribution in [1.82, 2.24) is 16.1 Å². The highest BCUT2D eigenvalue weighted by Gasteiger charge is 2.32. The fourth-order valence-electron chi connectivity index (χ4n) is 5.09. The van der Waals surface area contributed by atoms with Crippen LogP contribution in [0.15, 0.2) is 95.2 Å². The second-order valence-electron chi connectivity index (χ2n) is 10.5. The molecule has 0 aromatic heterocycles. The van der Waals surface area contributed by atoms with Gasteiger partial charge in [0.25, 0.3) is 0 Å². The Morgan fingerprint density at radius 1 is 1.02 bits per heavy atom. The van der Waals surface area contributed by atoms with Gasteiger partial charge in [-0.1, -0.05) is 60.1 Å². The Morgan fingerprint density at radius 2 is 1.79 bits per heavy atom. The lowest BCUT2D eigenvalue weighted by Gasteiger charge is -2.28. The van der Waals surface area contributed by atoms with Crippen LogP contribution in [0.4, 0.5) is 4.79 Å². The minimum Gasteiger partial charge on any atom is -0.490 e. The average Bonchev–Trinajstić information content (AvgIpc) is 3.07. The van der Waals surface area contributed by atoms with Crippen molar-refractivity contribution in [2.75, 3.05) is 20.3 Å². The molecule has 0 bridgehead atoms. The number of carbonyl (C=O) groups is 2. The minimum atomic E-state index is -1.17. The molecule has 1 heterocycles. The van der Waals surface area contributed by atoms with Crippen molar-refractivity contribution in [2.24, 2.45) is 5.10 Å². The molecule has 0 unspecified atom stereocenters. The van der Waals surface area contributed by atoms with E-state index >= 15 is 0 Å². The largest absolute Gasteiger partial charge is 0.490 e. The molecule has 0 aliphatic carbocycles. The van der Waals surface area contributed by atoms with E-state index in [1.807, 2.05) is 67.6 Å². The molecular formula is C35H35ClN4O7. The molecule has 47 heavy (non-hydrogen) atoms. The molecule has 0 saturated heterocycles. The number of hydrogen-bond donors (Lipinski definition) is 4. The number of hydrazone groups is 1. The van der Waals surface area contributed by atoms with Crippen molar-refractivity contribution >= 4 is 40.6 Å². The van der Waals surface area contributed by atoms with Gasteiger partial charge in [-0.25, -0.2) is 9.59 Å². The first kappa shape index (κ1) is 33.1. The van der Waals surface area contributed by atoms with Crippen LogP contribution in [0.3, 0.4) is 0 Å². The summed E-state index contributed by atoms with van der Waals surface area (Å²) in [6, 6.07) is 23.0. The lowest BCUT2D eigenvalue weighted by Crippen LogP contribution is -2.45. The van der Waals surface area contributed by atoms with Crippen LogP contribution in [0, 0.1) is 0 Å². The minimum absolute atomic E-state index is 0.164. The van der Waals surface area contributed by atoms with E-state index in [-0.39, 0.29) is 12.2 Å². The number of halogens is 1. The first-order chi connectivity index (χ1) is 22.8. The van der Waals surface area contributed by atoms with Crippen LogP contribution in [0.2, 0.25) is 5.02 Å². The molecule has 0 fully saturated rings. The Hall–Kier alpha value is -5.26. The van der Waals surface area contributed by atoms with Crippen LogP contribution in [0.1, 0.15) is 36.6 Å². The number of nitrogens with one attached hydrogen (secondary N) is 3. The number of carbonyl (C=O) groups excluding carboxylic acids is 2. The zero-order chi connectivity index (χ0) is 33.3. The van der Waals surface area contributed by atoms with Gasteiger partial charge in [-0.05, 0) is 66.1 Å². The molecule has 0 saturated carbocycles. The molecule has 5 rings (SSSR count). The predicted octanol–water partition coefficient (Wildman–Crippen LogP) is 5.59. The SMILES string of the molecule is CCOc1cc([C@@H]2NC(=O)NC(C)=C2C(=O)OC)ccc1OC[C@H](O)N/N=C/c1c(OCc2ccc(Cl)cc2)ccc2ccccc12. The second-order valence-corrected chi connectivity index (χ2v) is 11.0. The van der Waals surface area contributed by atoms with Crippen molar-refractivity contribution in [2.45, 2.75) is 32.7 Å². The number of allylic oxidation sites excluding steroid dienone is 1. The molecule has 4 aromatic carbocycles. The molecule has 1 aliphatic heterocycles. The molecule has 4 aromatic rings. The number of aliphatic hydroxyl groups excluding tert-OH is 1. The first-order valence-corrected chi connectivity index (χ1v) is 15.3. The third-order valence-corrected chi connectivity index (χ3v) is 7.58. The average molecular weight is 659 g/mol. The standard InChI is InChI=1S/C35H35ClN4O7/c1-4-45-30-17-24(33-32(34(42)44-3)21(2)38-35(43)39-33)12-16-29(30)47-20-31(41)40-37-18-27-26-8-6-5-7-23(26)11-15-28(27)46-19-22-9-13-25(36)14-10-22/h5-18,31,33,40-41H,4,19-20H2,1-3H3,(H2,38,39,43)/b37-18+/t31-,33-/m0/s1. The smallest absolute Gasteiger partial charge is 0.337 e. The molecule has 1 aliphatic rings. The fourth-order valence-corrected chi connectivity index (χ4v) is 5.21. The van der Waals surface area contributed by atoms with Gasteiger partial charge in [-0.2, -0.15) is 5.10 Å². The summed E-state index contributed by atoms with van der Waals surface area (Å²) in [6.07, 6.45) is 0.430. The predicted molar refractivity (Wildman–Crippen MR) is 179 cm³/mol. The third kappa shape index (κ3) is 8.13. The van der Waals surface area contributed by atoms with E-state index in [1.54, 1.807) is 31.3 Å². The quantitative estimate of drug-likeness (QED) is 0.0631. The summed E-state index contributed by atoms with van der Waals surface area (Å²) in [4.78, 5) is 24.7. The highest BCUT2D eigenvalue weighted by Crippen LogP contribution is 2.35. The number of ether oxygens (including phenoxy) is 4. The van der Waals surface area contributed by atoms with Crippen molar-refractivity contribution in [3.05, 3.63) is 112 Å². The van der Waals surface area contributed by atoms with E-state index < -0.39 is 24.3 Å². The van der Waals surface area contributed by atoms with Crippen molar-refractivity contribution in [1.29, 1.82) is 0 Å². The maximum absolute atomic E-state index is 12.5. The number of amides is 2. The maximum atomic E-state index is 12.5. The number of benzene rings is 4. The Bertz CT molecular complexity index is 1810. The second kappa shape index (κ2) is 15.4. The van der Waals surface area contributed by atoms with Crippen molar-refractivity contribution in [3.63, 3.8) is 0 Å². The van der Waals surface area contributed by atoms with E-state index in [4.69, 9.17) is 30.5 Å². The van der Waals surface area contributed by atoms with E-state index in [0.717, 1.165) is 21.9 Å². The zero-order valence-corrected chi connectivity index (χ0v) is 26.8. The summed E-state index contributed by atoms with van der Waals surface area (Å²) in [7, 11) is 1.28. The van der Waals surface area contributed by atoms with Gasteiger partial charge in [0.2, 0.25) is 0 Å². The summed E-state index contributed by atoms with van der Waals surface area (Å²) in [5, 5.41) is 22.9. The van der Waals surface area contributed by atoms with E-state index in [2.05, 4.69) is 21.2 Å². The highest BCUT2D eigenvalue weighted by molar-refractivity contribution is 6.30. The molecule has 4 N–H and O–H groups in total. The summed E-state index contributed by atoms with van der Waals surface area (Å²) in [5.74, 6) is 0.778. The molecule has 2 atom stereocenters. The number of fused-ring (bicyclic) bond motifs is 1. The number of rotatable bonds is 13. The zero-order valence-electron chi connectivity index (χ0n) is 26.1. The normalized spacial score (nSPS) is 15.2. The number of nitrogens with zero attached hydrogens (tertiary/aromatic N) is 1. The van der Waals surface area contributed by atoms with Gasteiger partial charge in [-0.15, -0.1) is 0 Å². The Kier molecular flexibility index (Phi) is 10.8. The number of hydrogen-bond acceptors (Lipinski definition) is 9. The van der Waals surface area contributed by atoms with E-state index in [0.29, 0.717) is 46.7 Å². The number of esters is 1. The Labute approximate surface area is 277 Å². The van der Waals surface area contributed by atoms with Gasteiger partial charge in [0.05, 0.1) is 31.5 Å². The van der Waals surface area contributed by atoms with Crippen molar-refractivity contribution < 1.29 is 33.6 Å². The summed E-state index contributed by atoms with van der Waals surface area (Å²) in [5.41, 5.74) is 5.65. The Balaban J connectivity index is 1.28. The molecule has 11 nitrogen and oxygen atoms in total. The summed E-state index contributed by atoms with van der Waals surface area (Å²) in [6.45, 7) is 3.95.